The summed E-state index contributed by atoms with van der Waals surface area (Å²) in [5.41, 5.74) is 2.85. The van der Waals surface area contributed by atoms with Crippen molar-refractivity contribution < 1.29 is 14.3 Å². The van der Waals surface area contributed by atoms with Gasteiger partial charge >= 0.3 is 0 Å². The minimum atomic E-state index is -0.114. The summed E-state index contributed by atoms with van der Waals surface area (Å²) in [5, 5.41) is 2.92. The summed E-state index contributed by atoms with van der Waals surface area (Å²) in [4.78, 5) is 25.7. The number of amides is 2. The molecule has 2 atom stereocenters. The van der Waals surface area contributed by atoms with Crippen LogP contribution in [0.3, 0.4) is 0 Å². The van der Waals surface area contributed by atoms with Crippen molar-refractivity contribution >= 4 is 23.2 Å². The highest BCUT2D eigenvalue weighted by atomic mass is 16.5. The molecule has 1 N–H and O–H groups in total. The molecule has 1 aliphatic carbocycles. The second-order valence-electron chi connectivity index (χ2n) is 7.28. The largest absolute Gasteiger partial charge is 0.368 e. The molecule has 3 rings (SSSR count). The molecule has 25 heavy (non-hydrogen) atoms. The van der Waals surface area contributed by atoms with Gasteiger partial charge in [-0.25, -0.2) is 0 Å². The Balaban J connectivity index is 1.57. The second kappa shape index (κ2) is 8.00. The van der Waals surface area contributed by atoms with E-state index in [2.05, 4.69) is 12.2 Å². The lowest BCUT2D eigenvalue weighted by molar-refractivity contribution is -0.124. The van der Waals surface area contributed by atoms with Crippen molar-refractivity contribution in [3.05, 3.63) is 23.8 Å². The highest BCUT2D eigenvalue weighted by Crippen LogP contribution is 2.30. The highest BCUT2D eigenvalue weighted by Gasteiger charge is 2.23. The fraction of sp³-hybridized carbons (Fsp3) is 0.600. The Hall–Kier alpha value is -1.88. The van der Waals surface area contributed by atoms with Gasteiger partial charge in [-0.05, 0) is 55.4 Å². The van der Waals surface area contributed by atoms with E-state index in [-0.39, 0.29) is 24.5 Å². The van der Waals surface area contributed by atoms with Crippen LogP contribution >= 0.6 is 0 Å². The molecule has 0 aromatic heterocycles. The molecule has 1 aromatic carbocycles. The van der Waals surface area contributed by atoms with Crippen LogP contribution in [0.2, 0.25) is 0 Å². The van der Waals surface area contributed by atoms with Crippen LogP contribution < -0.4 is 10.2 Å². The maximum Gasteiger partial charge on any atom is 0.250 e. The smallest absolute Gasteiger partial charge is 0.250 e. The third-order valence-electron chi connectivity index (χ3n) is 5.32. The molecule has 1 heterocycles. The quantitative estimate of drug-likeness (QED) is 0.909. The summed E-state index contributed by atoms with van der Waals surface area (Å²) in [6, 6.07) is 5.77. The van der Waals surface area contributed by atoms with Crippen LogP contribution in [0, 0.1) is 5.92 Å². The van der Waals surface area contributed by atoms with E-state index in [1.165, 1.54) is 19.3 Å². The van der Waals surface area contributed by atoms with E-state index < -0.39 is 0 Å². The van der Waals surface area contributed by atoms with Crippen LogP contribution in [0.5, 0.6) is 0 Å². The van der Waals surface area contributed by atoms with E-state index in [1.807, 2.05) is 18.2 Å². The van der Waals surface area contributed by atoms with Gasteiger partial charge in [0.15, 0.2) is 0 Å². The monoisotopic (exact) mass is 344 g/mol. The maximum absolute atomic E-state index is 12.2. The van der Waals surface area contributed by atoms with Gasteiger partial charge in [0, 0.05) is 24.8 Å². The van der Waals surface area contributed by atoms with Crippen LogP contribution in [-0.4, -0.2) is 31.1 Å². The Kier molecular flexibility index (Phi) is 5.74. The lowest BCUT2D eigenvalue weighted by atomic mass is 9.88. The van der Waals surface area contributed by atoms with Gasteiger partial charge in [0.25, 0.3) is 0 Å². The number of ether oxygens (including phenoxy) is 1. The molecule has 1 aromatic rings. The summed E-state index contributed by atoms with van der Waals surface area (Å²) in [6.07, 6.45) is 6.77. The second-order valence-corrected chi connectivity index (χ2v) is 7.28. The number of anilines is 2. The zero-order chi connectivity index (χ0) is 17.8. The first kappa shape index (κ1) is 17.9. The number of hydrogen-bond acceptors (Lipinski definition) is 3. The lowest BCUT2D eigenvalue weighted by Crippen LogP contribution is -2.33. The summed E-state index contributed by atoms with van der Waals surface area (Å²) >= 11 is 0. The summed E-state index contributed by atoms with van der Waals surface area (Å²) < 4.78 is 5.83. The van der Waals surface area contributed by atoms with Gasteiger partial charge in [0.2, 0.25) is 11.8 Å². The number of carbonyl (C=O) groups excluding carboxylic acids is 2. The normalized spacial score (nSPS) is 23.0. The van der Waals surface area contributed by atoms with Crippen LogP contribution in [0.4, 0.5) is 11.4 Å². The molecule has 0 saturated heterocycles. The number of benzene rings is 1. The van der Waals surface area contributed by atoms with Gasteiger partial charge in [-0.3, -0.25) is 9.59 Å². The number of carbonyl (C=O) groups is 2. The first-order chi connectivity index (χ1) is 12.0. The molecule has 0 radical (unpaired) electrons. The van der Waals surface area contributed by atoms with E-state index in [4.69, 9.17) is 4.74 Å². The lowest BCUT2D eigenvalue weighted by Gasteiger charge is -2.29. The fourth-order valence-electron chi connectivity index (χ4n) is 3.91. The van der Waals surface area contributed by atoms with E-state index in [0.29, 0.717) is 5.92 Å². The molecule has 1 saturated carbocycles. The summed E-state index contributed by atoms with van der Waals surface area (Å²) in [6.45, 7) is 4.66. The van der Waals surface area contributed by atoms with Gasteiger partial charge in [0.1, 0.15) is 6.61 Å². The molecule has 0 unspecified atom stereocenters. The van der Waals surface area contributed by atoms with Crippen molar-refractivity contribution in [1.82, 2.24) is 0 Å². The first-order valence-corrected chi connectivity index (χ1v) is 9.37. The number of nitrogens with zero attached hydrogens (tertiary/aromatic N) is 1. The molecule has 0 spiro atoms. The molecule has 136 valence electrons. The van der Waals surface area contributed by atoms with Crippen molar-refractivity contribution in [3.63, 3.8) is 0 Å². The van der Waals surface area contributed by atoms with E-state index in [1.54, 1.807) is 11.8 Å². The number of hydrogen-bond donors (Lipinski definition) is 1. The molecule has 1 aliphatic heterocycles. The Morgan fingerprint density at radius 3 is 2.80 bits per heavy atom. The summed E-state index contributed by atoms with van der Waals surface area (Å²) in [5.74, 6) is 0.479. The molecule has 0 bridgehead atoms. The third kappa shape index (κ3) is 4.40. The van der Waals surface area contributed by atoms with Gasteiger partial charge in [0.05, 0.1) is 6.10 Å². The number of rotatable bonds is 4. The Morgan fingerprint density at radius 2 is 2.04 bits per heavy atom. The van der Waals surface area contributed by atoms with Crippen LogP contribution in [0.25, 0.3) is 0 Å². The molecule has 5 heteroatoms. The molecule has 1 fully saturated rings. The minimum Gasteiger partial charge on any atom is -0.368 e. The van der Waals surface area contributed by atoms with Gasteiger partial charge < -0.3 is 15.0 Å². The third-order valence-corrected chi connectivity index (χ3v) is 5.32. The van der Waals surface area contributed by atoms with Crippen LogP contribution in [-0.2, 0) is 20.7 Å². The Morgan fingerprint density at radius 1 is 1.24 bits per heavy atom. The van der Waals surface area contributed by atoms with Crippen molar-refractivity contribution in [2.24, 2.45) is 5.92 Å². The van der Waals surface area contributed by atoms with Crippen LogP contribution in [0.1, 0.15) is 51.5 Å². The van der Waals surface area contributed by atoms with Gasteiger partial charge in [-0.15, -0.1) is 0 Å². The molecular formula is C20H28N2O3. The SMILES string of the molecule is CC(=O)N1CCCc2cc(NC(=O)CO[C@H]3CCCC[C@@H]3C)ccc21. The Labute approximate surface area is 149 Å². The van der Waals surface area contributed by atoms with E-state index >= 15 is 0 Å². The predicted molar refractivity (Wildman–Crippen MR) is 98.8 cm³/mol. The average molecular weight is 344 g/mol. The fourth-order valence-corrected chi connectivity index (χ4v) is 3.91. The molecule has 2 amide bonds. The number of nitrogens with one attached hydrogen (secondary N) is 1. The van der Waals surface area contributed by atoms with Crippen molar-refractivity contribution in [1.29, 1.82) is 0 Å². The van der Waals surface area contributed by atoms with Gasteiger partial charge in [-0.1, -0.05) is 19.8 Å². The van der Waals surface area contributed by atoms with Crippen molar-refractivity contribution in [3.8, 4) is 0 Å². The Bertz CT molecular complexity index is 644. The maximum atomic E-state index is 12.2. The first-order valence-electron chi connectivity index (χ1n) is 9.37. The van der Waals surface area contributed by atoms with E-state index in [9.17, 15) is 9.59 Å². The topological polar surface area (TPSA) is 58.6 Å². The standard InChI is InChI=1S/C20H28N2O3/c1-14-6-3-4-8-19(14)25-13-20(24)21-17-9-10-18-16(12-17)7-5-11-22(18)15(2)23/h9-10,12,14,19H,3-8,11,13H2,1-2H3,(H,21,24)/t14-,19-/m0/s1. The van der Waals surface area contributed by atoms with Gasteiger partial charge in [-0.2, -0.15) is 0 Å². The number of fused-ring (bicyclic) bond motifs is 1. The van der Waals surface area contributed by atoms with Crippen molar-refractivity contribution in [2.45, 2.75) is 58.5 Å². The minimum absolute atomic E-state index is 0.0627. The molecule has 2 aliphatic rings. The molecule has 5 nitrogen and oxygen atoms in total. The molecular weight excluding hydrogens is 316 g/mol. The summed E-state index contributed by atoms with van der Waals surface area (Å²) in [7, 11) is 0. The van der Waals surface area contributed by atoms with E-state index in [0.717, 1.165) is 42.7 Å². The predicted octanol–water partition coefficient (Wildman–Crippen LogP) is 3.52. The zero-order valence-electron chi connectivity index (χ0n) is 15.2. The number of aryl methyl sites for hydroxylation is 1. The highest BCUT2D eigenvalue weighted by molar-refractivity contribution is 5.95. The van der Waals surface area contributed by atoms with Crippen LogP contribution in [0.15, 0.2) is 18.2 Å². The average Bonchev–Trinajstić information content (AvgIpc) is 2.60. The zero-order valence-corrected chi connectivity index (χ0v) is 15.2. The van der Waals surface area contributed by atoms with Crippen molar-refractivity contribution in [2.75, 3.05) is 23.4 Å².